The molecule has 0 aliphatic rings. The molecule has 108 valence electrons. The maximum atomic E-state index is 9.75. The Bertz CT molecular complexity index is 586. The summed E-state index contributed by atoms with van der Waals surface area (Å²) in [5.41, 5.74) is 1.01. The molecule has 2 N–H and O–H groups in total. The third-order valence-electron chi connectivity index (χ3n) is 2.96. The number of halogens is 1. The number of aromatic nitrogens is 3. The number of ether oxygens (including phenoxy) is 1. The Hall–Kier alpha value is -1.60. The molecule has 2 rings (SSSR count). The minimum atomic E-state index is 0.113. The molecule has 0 unspecified atom stereocenters. The van der Waals surface area contributed by atoms with Crippen molar-refractivity contribution in [1.82, 2.24) is 20.1 Å². The summed E-state index contributed by atoms with van der Waals surface area (Å²) in [6, 6.07) is 3.66. The summed E-state index contributed by atoms with van der Waals surface area (Å²) in [7, 11) is 1.53. The summed E-state index contributed by atoms with van der Waals surface area (Å²) in [5.74, 6) is 1.46. The lowest BCUT2D eigenvalue weighted by atomic mass is 10.2. The number of hydrogen-bond donors (Lipinski definition) is 2. The number of aromatic hydroxyl groups is 1. The summed E-state index contributed by atoms with van der Waals surface area (Å²) in [6.45, 7) is 4.18. The highest BCUT2D eigenvalue weighted by Crippen LogP contribution is 2.35. The van der Waals surface area contributed by atoms with E-state index in [1.165, 1.54) is 7.11 Å². The summed E-state index contributed by atoms with van der Waals surface area (Å²) in [5, 5.41) is 21.0. The first-order valence-electron chi connectivity index (χ1n) is 6.28. The van der Waals surface area contributed by atoms with Gasteiger partial charge >= 0.3 is 0 Å². The van der Waals surface area contributed by atoms with Gasteiger partial charge in [-0.1, -0.05) is 0 Å². The zero-order valence-corrected chi connectivity index (χ0v) is 13.0. The second kappa shape index (κ2) is 6.71. The van der Waals surface area contributed by atoms with Crippen molar-refractivity contribution < 1.29 is 9.84 Å². The van der Waals surface area contributed by atoms with Gasteiger partial charge in [0.25, 0.3) is 0 Å². The second-order valence-corrected chi connectivity index (χ2v) is 5.12. The van der Waals surface area contributed by atoms with Gasteiger partial charge in [-0.15, -0.1) is 10.2 Å². The molecule has 0 fully saturated rings. The van der Waals surface area contributed by atoms with Crippen LogP contribution >= 0.6 is 15.9 Å². The van der Waals surface area contributed by atoms with E-state index in [0.717, 1.165) is 17.9 Å². The number of hydrogen-bond acceptors (Lipinski definition) is 5. The Balaban J connectivity index is 1.99. The maximum Gasteiger partial charge on any atom is 0.172 e. The largest absolute Gasteiger partial charge is 0.503 e. The summed E-state index contributed by atoms with van der Waals surface area (Å²) < 4.78 is 7.72. The summed E-state index contributed by atoms with van der Waals surface area (Å²) in [4.78, 5) is 0. The first kappa shape index (κ1) is 14.8. The molecule has 0 aliphatic heterocycles. The van der Waals surface area contributed by atoms with Gasteiger partial charge in [0.15, 0.2) is 11.5 Å². The summed E-state index contributed by atoms with van der Waals surface area (Å²) in [6.07, 6.45) is 1.72. The van der Waals surface area contributed by atoms with Gasteiger partial charge in [0, 0.05) is 13.1 Å². The molecular weight excluding hydrogens is 324 g/mol. The van der Waals surface area contributed by atoms with Gasteiger partial charge in [-0.3, -0.25) is 0 Å². The molecule has 1 aromatic heterocycles. The van der Waals surface area contributed by atoms with Crippen LogP contribution in [0, 0.1) is 0 Å². The van der Waals surface area contributed by atoms with Gasteiger partial charge in [-0.05, 0) is 40.5 Å². The first-order chi connectivity index (χ1) is 9.65. The number of methoxy groups -OCH3 is 1. The SMILES string of the molecule is CCn1cnnc1CNCc1cc(Br)c(O)c(OC)c1. The predicted molar refractivity (Wildman–Crippen MR) is 78.6 cm³/mol. The van der Waals surface area contributed by atoms with E-state index in [4.69, 9.17) is 4.74 Å². The molecule has 7 heteroatoms. The van der Waals surface area contributed by atoms with Gasteiger partial charge < -0.3 is 19.7 Å². The molecule has 1 aromatic carbocycles. The van der Waals surface area contributed by atoms with Gasteiger partial charge in [0.2, 0.25) is 0 Å². The van der Waals surface area contributed by atoms with Crippen molar-refractivity contribution in [2.45, 2.75) is 26.6 Å². The number of nitrogens with one attached hydrogen (secondary N) is 1. The lowest BCUT2D eigenvalue weighted by molar-refractivity contribution is 0.371. The number of nitrogens with zero attached hydrogens (tertiary/aromatic N) is 3. The summed E-state index contributed by atoms with van der Waals surface area (Å²) >= 11 is 3.31. The maximum absolute atomic E-state index is 9.75. The molecule has 0 saturated heterocycles. The molecule has 0 aliphatic carbocycles. The molecule has 0 saturated carbocycles. The lowest BCUT2D eigenvalue weighted by Crippen LogP contribution is -2.16. The third-order valence-corrected chi connectivity index (χ3v) is 3.56. The van der Waals surface area contributed by atoms with Gasteiger partial charge in [0.1, 0.15) is 12.2 Å². The number of rotatable bonds is 6. The minimum absolute atomic E-state index is 0.113. The minimum Gasteiger partial charge on any atom is -0.503 e. The van der Waals surface area contributed by atoms with E-state index in [1.807, 2.05) is 10.6 Å². The van der Waals surface area contributed by atoms with E-state index in [-0.39, 0.29) is 5.75 Å². The highest BCUT2D eigenvalue weighted by Gasteiger charge is 2.09. The van der Waals surface area contributed by atoms with Crippen LogP contribution in [0.3, 0.4) is 0 Å². The predicted octanol–water partition coefficient (Wildman–Crippen LogP) is 2.06. The van der Waals surface area contributed by atoms with Crippen LogP contribution in [0.4, 0.5) is 0 Å². The van der Waals surface area contributed by atoms with Crippen molar-refractivity contribution in [3.8, 4) is 11.5 Å². The van der Waals surface area contributed by atoms with Crippen molar-refractivity contribution in [3.63, 3.8) is 0 Å². The average molecular weight is 341 g/mol. The van der Waals surface area contributed by atoms with Gasteiger partial charge in [-0.25, -0.2) is 0 Å². The second-order valence-electron chi connectivity index (χ2n) is 4.27. The number of benzene rings is 1. The Morgan fingerprint density at radius 3 is 2.90 bits per heavy atom. The fourth-order valence-electron chi connectivity index (χ4n) is 1.88. The Labute approximate surface area is 125 Å². The zero-order chi connectivity index (χ0) is 14.5. The van der Waals surface area contributed by atoms with Crippen LogP contribution < -0.4 is 10.1 Å². The van der Waals surface area contributed by atoms with Crippen molar-refractivity contribution in [2.24, 2.45) is 0 Å². The van der Waals surface area contributed by atoms with Crippen molar-refractivity contribution in [1.29, 1.82) is 0 Å². The smallest absolute Gasteiger partial charge is 0.172 e. The van der Waals surface area contributed by atoms with E-state index in [2.05, 4.69) is 38.4 Å². The average Bonchev–Trinajstić information content (AvgIpc) is 2.90. The quantitative estimate of drug-likeness (QED) is 0.842. The van der Waals surface area contributed by atoms with Crippen LogP contribution in [0.5, 0.6) is 11.5 Å². The van der Waals surface area contributed by atoms with Crippen LogP contribution in [-0.2, 0) is 19.6 Å². The fraction of sp³-hybridized carbons (Fsp3) is 0.385. The van der Waals surface area contributed by atoms with Gasteiger partial charge in [0.05, 0.1) is 18.1 Å². The molecule has 0 amide bonds. The standard InChI is InChI=1S/C13H17BrN4O2/c1-3-18-8-16-17-12(18)7-15-6-9-4-10(14)13(19)11(5-9)20-2/h4-5,8,15,19H,3,6-7H2,1-2H3. The fourth-order valence-corrected chi connectivity index (χ4v) is 2.37. The molecule has 0 atom stereocenters. The van der Waals surface area contributed by atoms with Crippen LogP contribution in [0.15, 0.2) is 22.9 Å². The van der Waals surface area contributed by atoms with Crippen LogP contribution in [-0.4, -0.2) is 27.0 Å². The molecule has 1 heterocycles. The van der Waals surface area contributed by atoms with Crippen molar-refractivity contribution >= 4 is 15.9 Å². The highest BCUT2D eigenvalue weighted by molar-refractivity contribution is 9.10. The molecule has 20 heavy (non-hydrogen) atoms. The zero-order valence-electron chi connectivity index (χ0n) is 11.4. The Morgan fingerprint density at radius 1 is 1.40 bits per heavy atom. The Kier molecular flexibility index (Phi) is 4.97. The van der Waals surface area contributed by atoms with E-state index in [0.29, 0.717) is 23.3 Å². The van der Waals surface area contributed by atoms with Crippen LogP contribution in [0.25, 0.3) is 0 Å². The van der Waals surface area contributed by atoms with Gasteiger partial charge in [-0.2, -0.15) is 0 Å². The van der Waals surface area contributed by atoms with Crippen LogP contribution in [0.2, 0.25) is 0 Å². The van der Waals surface area contributed by atoms with E-state index >= 15 is 0 Å². The monoisotopic (exact) mass is 340 g/mol. The lowest BCUT2D eigenvalue weighted by Gasteiger charge is -2.10. The molecule has 0 bridgehead atoms. The number of phenolic OH excluding ortho intramolecular Hbond substituents is 1. The van der Waals surface area contributed by atoms with E-state index < -0.39 is 0 Å². The van der Waals surface area contributed by atoms with E-state index in [9.17, 15) is 5.11 Å². The first-order valence-corrected chi connectivity index (χ1v) is 7.07. The number of aryl methyl sites for hydroxylation is 1. The Morgan fingerprint density at radius 2 is 2.20 bits per heavy atom. The topological polar surface area (TPSA) is 72.2 Å². The van der Waals surface area contributed by atoms with E-state index in [1.54, 1.807) is 12.4 Å². The van der Waals surface area contributed by atoms with Crippen molar-refractivity contribution in [2.75, 3.05) is 7.11 Å². The third kappa shape index (κ3) is 3.29. The molecule has 0 radical (unpaired) electrons. The molecular formula is C13H17BrN4O2. The highest BCUT2D eigenvalue weighted by atomic mass is 79.9. The molecule has 2 aromatic rings. The van der Waals surface area contributed by atoms with Crippen molar-refractivity contribution in [3.05, 3.63) is 34.3 Å². The molecule has 6 nitrogen and oxygen atoms in total. The number of phenols is 1. The molecule has 0 spiro atoms. The van der Waals surface area contributed by atoms with Crippen LogP contribution in [0.1, 0.15) is 18.3 Å². The normalized spacial score (nSPS) is 10.8.